The van der Waals surface area contributed by atoms with Crippen LogP contribution in [0.2, 0.25) is 0 Å². The molecule has 0 radical (unpaired) electrons. The van der Waals surface area contributed by atoms with E-state index in [0.717, 1.165) is 12.8 Å². The van der Waals surface area contributed by atoms with Crippen LogP contribution >= 0.6 is 11.3 Å². The van der Waals surface area contributed by atoms with Gasteiger partial charge in [0.15, 0.2) is 0 Å². The molecule has 106 valence electrons. The number of carbonyl (C=O) groups excluding carboxylic acids is 1. The van der Waals surface area contributed by atoms with Crippen molar-refractivity contribution < 1.29 is 9.53 Å². The highest BCUT2D eigenvalue weighted by atomic mass is 32.1. The molecule has 0 aliphatic heterocycles. The fourth-order valence-electron chi connectivity index (χ4n) is 2.52. The predicted molar refractivity (Wildman–Crippen MR) is 81.7 cm³/mol. The summed E-state index contributed by atoms with van der Waals surface area (Å²) in [4.78, 5) is 14.2. The van der Waals surface area contributed by atoms with Crippen LogP contribution in [-0.4, -0.2) is 5.97 Å². The van der Waals surface area contributed by atoms with Crippen LogP contribution < -0.4 is 4.74 Å². The van der Waals surface area contributed by atoms with Crippen LogP contribution in [0, 0.1) is 11.3 Å². The molecule has 0 amide bonds. The van der Waals surface area contributed by atoms with E-state index in [1.54, 1.807) is 35.6 Å². The summed E-state index contributed by atoms with van der Waals surface area (Å²) in [6.07, 6.45) is 5.82. The van der Waals surface area contributed by atoms with Gasteiger partial charge in [-0.3, -0.25) is 0 Å². The Morgan fingerprint density at radius 2 is 1.90 bits per heavy atom. The number of nitrogens with zero attached hydrogens (tertiary/aromatic N) is 1. The molecule has 1 aliphatic carbocycles. The van der Waals surface area contributed by atoms with E-state index in [9.17, 15) is 4.79 Å². The summed E-state index contributed by atoms with van der Waals surface area (Å²) in [5.74, 6) is 0.167. The topological polar surface area (TPSA) is 50.1 Å². The van der Waals surface area contributed by atoms with Crippen LogP contribution in [0.4, 0.5) is 0 Å². The van der Waals surface area contributed by atoms with Gasteiger partial charge in [-0.25, -0.2) is 4.79 Å². The molecule has 0 saturated heterocycles. The molecule has 0 spiro atoms. The SMILES string of the molecule is N#Cc1ccc(OC(=O)c2cc3c(s2)CCCCC3)cc1. The van der Waals surface area contributed by atoms with E-state index < -0.39 is 0 Å². The monoisotopic (exact) mass is 297 g/mol. The van der Waals surface area contributed by atoms with Crippen molar-refractivity contribution in [3.63, 3.8) is 0 Å². The summed E-state index contributed by atoms with van der Waals surface area (Å²) in [7, 11) is 0. The zero-order valence-electron chi connectivity index (χ0n) is 11.6. The van der Waals surface area contributed by atoms with Crippen molar-refractivity contribution in [2.75, 3.05) is 0 Å². The van der Waals surface area contributed by atoms with Crippen molar-refractivity contribution in [1.29, 1.82) is 5.26 Å². The van der Waals surface area contributed by atoms with E-state index in [0.29, 0.717) is 16.2 Å². The largest absolute Gasteiger partial charge is 0.422 e. The van der Waals surface area contributed by atoms with E-state index in [2.05, 4.69) is 0 Å². The average Bonchev–Trinajstić information content (AvgIpc) is 2.79. The minimum atomic E-state index is -0.308. The summed E-state index contributed by atoms with van der Waals surface area (Å²) in [5, 5.41) is 8.75. The maximum Gasteiger partial charge on any atom is 0.353 e. The van der Waals surface area contributed by atoms with Crippen LogP contribution in [0.25, 0.3) is 0 Å². The van der Waals surface area contributed by atoms with Crippen LogP contribution in [0.15, 0.2) is 30.3 Å². The van der Waals surface area contributed by atoms with Gasteiger partial charge in [-0.05, 0) is 61.6 Å². The Balaban J connectivity index is 1.74. The van der Waals surface area contributed by atoms with Gasteiger partial charge in [-0.15, -0.1) is 11.3 Å². The van der Waals surface area contributed by atoms with Crippen molar-refractivity contribution in [2.24, 2.45) is 0 Å². The van der Waals surface area contributed by atoms with Gasteiger partial charge in [0.05, 0.1) is 11.6 Å². The lowest BCUT2D eigenvalue weighted by Crippen LogP contribution is -2.06. The molecule has 0 saturated carbocycles. The summed E-state index contributed by atoms with van der Waals surface area (Å²) in [6, 6.07) is 10.6. The average molecular weight is 297 g/mol. The molecule has 0 N–H and O–H groups in total. The molecule has 0 atom stereocenters. The van der Waals surface area contributed by atoms with Crippen LogP contribution in [-0.2, 0) is 12.8 Å². The first kappa shape index (κ1) is 13.8. The third-order valence-electron chi connectivity index (χ3n) is 3.64. The Bertz CT molecular complexity index is 671. The van der Waals surface area contributed by atoms with Crippen molar-refractivity contribution in [2.45, 2.75) is 32.1 Å². The maximum absolute atomic E-state index is 12.2. The molecule has 0 fully saturated rings. The highest BCUT2D eigenvalue weighted by molar-refractivity contribution is 7.14. The third-order valence-corrected chi connectivity index (χ3v) is 4.86. The van der Waals surface area contributed by atoms with Gasteiger partial charge in [-0.2, -0.15) is 5.26 Å². The predicted octanol–water partition coefficient (Wildman–Crippen LogP) is 4.11. The highest BCUT2D eigenvalue weighted by Gasteiger charge is 2.17. The van der Waals surface area contributed by atoms with Crippen molar-refractivity contribution in [3.05, 3.63) is 51.2 Å². The summed E-state index contributed by atoms with van der Waals surface area (Å²) >= 11 is 1.56. The number of hydrogen-bond acceptors (Lipinski definition) is 4. The normalized spacial score (nSPS) is 13.9. The molecule has 2 aromatic rings. The standard InChI is InChI=1S/C17H15NO2S/c18-11-12-6-8-14(9-7-12)20-17(19)16-10-13-4-2-1-3-5-15(13)21-16/h6-10H,1-5H2. The van der Waals surface area contributed by atoms with E-state index in [4.69, 9.17) is 10.00 Å². The Hall–Kier alpha value is -2.12. The number of benzene rings is 1. The van der Waals surface area contributed by atoms with E-state index in [1.165, 1.54) is 29.7 Å². The molecular weight excluding hydrogens is 282 g/mol. The molecule has 1 aromatic carbocycles. The number of nitriles is 1. The summed E-state index contributed by atoms with van der Waals surface area (Å²) < 4.78 is 5.37. The molecule has 3 nitrogen and oxygen atoms in total. The van der Waals surface area contributed by atoms with Gasteiger partial charge in [0.1, 0.15) is 10.6 Å². The van der Waals surface area contributed by atoms with Crippen LogP contribution in [0.1, 0.15) is 44.9 Å². The van der Waals surface area contributed by atoms with Gasteiger partial charge in [0.25, 0.3) is 0 Å². The third kappa shape index (κ3) is 3.14. The highest BCUT2D eigenvalue weighted by Crippen LogP contribution is 2.29. The first-order valence-corrected chi connectivity index (χ1v) is 7.92. The van der Waals surface area contributed by atoms with Crippen LogP contribution in [0.3, 0.4) is 0 Å². The molecule has 0 unspecified atom stereocenters. The number of thiophene rings is 1. The first-order chi connectivity index (χ1) is 10.3. The number of ether oxygens (including phenoxy) is 1. The van der Waals surface area contributed by atoms with Crippen LogP contribution in [0.5, 0.6) is 5.75 Å². The second kappa shape index (κ2) is 6.11. The number of hydrogen-bond donors (Lipinski definition) is 0. The molecule has 1 heterocycles. The van der Waals surface area contributed by atoms with E-state index in [1.807, 2.05) is 12.1 Å². The lowest BCUT2D eigenvalue weighted by Gasteiger charge is -2.02. The molecule has 1 aromatic heterocycles. The van der Waals surface area contributed by atoms with Gasteiger partial charge in [-0.1, -0.05) is 6.42 Å². The fourth-order valence-corrected chi connectivity index (χ4v) is 3.65. The lowest BCUT2D eigenvalue weighted by molar-refractivity contribution is 0.0740. The van der Waals surface area contributed by atoms with E-state index in [-0.39, 0.29) is 5.97 Å². The Morgan fingerprint density at radius 3 is 2.67 bits per heavy atom. The minimum Gasteiger partial charge on any atom is -0.422 e. The molecule has 3 rings (SSSR count). The van der Waals surface area contributed by atoms with Crippen molar-refractivity contribution in [3.8, 4) is 11.8 Å². The fraction of sp³-hybridized carbons (Fsp3) is 0.294. The minimum absolute atomic E-state index is 0.308. The number of rotatable bonds is 2. The van der Waals surface area contributed by atoms with Gasteiger partial charge < -0.3 is 4.74 Å². The van der Waals surface area contributed by atoms with Gasteiger partial charge in [0, 0.05) is 4.88 Å². The van der Waals surface area contributed by atoms with E-state index >= 15 is 0 Å². The molecular formula is C17H15NO2S. The molecule has 21 heavy (non-hydrogen) atoms. The second-order valence-electron chi connectivity index (χ2n) is 5.15. The number of aryl methyl sites for hydroxylation is 2. The smallest absolute Gasteiger partial charge is 0.353 e. The number of esters is 1. The quantitative estimate of drug-likeness (QED) is 0.476. The molecule has 1 aliphatic rings. The Morgan fingerprint density at radius 1 is 1.14 bits per heavy atom. The first-order valence-electron chi connectivity index (χ1n) is 7.10. The Kier molecular flexibility index (Phi) is 4.03. The Labute approximate surface area is 127 Å². The summed E-state index contributed by atoms with van der Waals surface area (Å²) in [5.41, 5.74) is 1.86. The summed E-state index contributed by atoms with van der Waals surface area (Å²) in [6.45, 7) is 0. The molecule has 0 bridgehead atoms. The molecule has 4 heteroatoms. The number of carbonyl (C=O) groups is 1. The zero-order valence-corrected chi connectivity index (χ0v) is 12.4. The van der Waals surface area contributed by atoms with Gasteiger partial charge in [0.2, 0.25) is 0 Å². The lowest BCUT2D eigenvalue weighted by atomic mass is 10.1. The van der Waals surface area contributed by atoms with Crippen molar-refractivity contribution >= 4 is 17.3 Å². The van der Waals surface area contributed by atoms with Crippen molar-refractivity contribution in [1.82, 2.24) is 0 Å². The number of fused-ring (bicyclic) bond motifs is 1. The zero-order chi connectivity index (χ0) is 14.7. The second-order valence-corrected chi connectivity index (χ2v) is 6.28. The maximum atomic E-state index is 12.2. The van der Waals surface area contributed by atoms with Gasteiger partial charge >= 0.3 is 5.97 Å².